The van der Waals surface area contributed by atoms with E-state index in [9.17, 15) is 0 Å². The van der Waals surface area contributed by atoms with E-state index in [2.05, 4.69) is 4.90 Å². The van der Waals surface area contributed by atoms with Crippen LogP contribution in [0.5, 0.6) is 0 Å². The van der Waals surface area contributed by atoms with E-state index in [4.69, 9.17) is 9.84 Å². The van der Waals surface area contributed by atoms with Crippen molar-refractivity contribution >= 4 is 0 Å². The molecule has 1 rings (SSSR count). The fourth-order valence-corrected chi connectivity index (χ4v) is 0.930. The summed E-state index contributed by atoms with van der Waals surface area (Å²) in [5, 5.41) is 8.74. The van der Waals surface area contributed by atoms with Crippen molar-refractivity contribution < 1.29 is 9.84 Å². The fraction of sp³-hybridized carbons (Fsp3) is 1.00. The van der Waals surface area contributed by atoms with Gasteiger partial charge in [0.05, 0.1) is 25.9 Å². The van der Waals surface area contributed by atoms with Gasteiger partial charge in [0.15, 0.2) is 0 Å². The van der Waals surface area contributed by atoms with Crippen LogP contribution in [0.1, 0.15) is 13.8 Å². The van der Waals surface area contributed by atoms with Crippen molar-refractivity contribution in [1.82, 2.24) is 4.90 Å². The molecular formula is C8H19NO2. The zero-order valence-electron chi connectivity index (χ0n) is 7.71. The fourth-order valence-electron chi connectivity index (χ4n) is 0.930. The molecule has 1 N–H and O–H groups in total. The zero-order valence-corrected chi connectivity index (χ0v) is 7.71. The third kappa shape index (κ3) is 3.70. The number of nitrogens with zero attached hydrogens (tertiary/aromatic N) is 1. The molecule has 3 nitrogen and oxygen atoms in total. The Bertz CT molecular complexity index is 88.2. The van der Waals surface area contributed by atoms with Crippen molar-refractivity contribution in [1.29, 1.82) is 0 Å². The average molecular weight is 161 g/mol. The largest absolute Gasteiger partial charge is 0.395 e. The molecule has 0 radical (unpaired) electrons. The molecule has 0 bridgehead atoms. The van der Waals surface area contributed by atoms with Crippen LogP contribution in [0.25, 0.3) is 0 Å². The maximum absolute atomic E-state index is 8.74. The molecular weight excluding hydrogens is 142 g/mol. The molecule has 1 saturated heterocycles. The Labute approximate surface area is 69.0 Å². The van der Waals surface area contributed by atoms with E-state index >= 15 is 0 Å². The van der Waals surface area contributed by atoms with Crippen LogP contribution in [0.15, 0.2) is 0 Å². The highest BCUT2D eigenvalue weighted by Crippen LogP contribution is 2.01. The molecule has 0 aromatic carbocycles. The molecule has 1 heterocycles. The topological polar surface area (TPSA) is 32.7 Å². The molecule has 0 saturated carbocycles. The van der Waals surface area contributed by atoms with E-state index in [1.165, 1.54) is 0 Å². The van der Waals surface area contributed by atoms with Gasteiger partial charge in [0.25, 0.3) is 0 Å². The van der Waals surface area contributed by atoms with Crippen LogP contribution in [0, 0.1) is 0 Å². The molecule has 1 aliphatic heterocycles. The Morgan fingerprint density at radius 2 is 2.18 bits per heavy atom. The summed E-state index contributed by atoms with van der Waals surface area (Å²) in [4.78, 5) is 2.11. The Hall–Kier alpha value is -0.120. The summed E-state index contributed by atoms with van der Waals surface area (Å²) in [6.45, 7) is 6.61. The number of hydrogen-bond acceptors (Lipinski definition) is 3. The zero-order chi connectivity index (χ0) is 8.69. The second kappa shape index (κ2) is 6.58. The van der Waals surface area contributed by atoms with E-state index in [0.29, 0.717) is 6.61 Å². The van der Waals surface area contributed by atoms with Crippen molar-refractivity contribution in [3.8, 4) is 0 Å². The number of rotatable bonds is 1. The van der Waals surface area contributed by atoms with Gasteiger partial charge >= 0.3 is 0 Å². The minimum atomic E-state index is 0.205. The van der Waals surface area contributed by atoms with Gasteiger partial charge in [0, 0.05) is 6.54 Å². The molecule has 68 valence electrons. The van der Waals surface area contributed by atoms with Gasteiger partial charge in [0.2, 0.25) is 0 Å². The number of hydrogen-bond donors (Lipinski definition) is 1. The molecule has 3 heteroatoms. The number of aliphatic hydroxyl groups excluding tert-OH is 1. The second-order valence-electron chi connectivity index (χ2n) is 2.39. The van der Waals surface area contributed by atoms with Gasteiger partial charge in [-0.25, -0.2) is 0 Å². The molecule has 0 unspecified atom stereocenters. The van der Waals surface area contributed by atoms with E-state index in [0.717, 1.165) is 13.2 Å². The van der Waals surface area contributed by atoms with E-state index in [-0.39, 0.29) is 12.6 Å². The predicted octanol–water partition coefficient (Wildman–Crippen LogP) is 0.336. The van der Waals surface area contributed by atoms with Crippen LogP contribution < -0.4 is 0 Å². The number of likely N-dealkylation sites (N-methyl/N-ethyl adjacent to an activating group) is 1. The first-order valence-electron chi connectivity index (χ1n) is 4.23. The summed E-state index contributed by atoms with van der Waals surface area (Å²) < 4.78 is 5.14. The summed E-state index contributed by atoms with van der Waals surface area (Å²) >= 11 is 0. The van der Waals surface area contributed by atoms with Crippen molar-refractivity contribution in [2.75, 3.05) is 33.4 Å². The molecule has 0 amide bonds. The van der Waals surface area contributed by atoms with Gasteiger partial charge in [-0.1, -0.05) is 13.8 Å². The quantitative estimate of drug-likeness (QED) is 0.602. The molecule has 0 aliphatic carbocycles. The first-order chi connectivity index (χ1) is 5.34. The van der Waals surface area contributed by atoms with E-state index in [1.807, 2.05) is 20.9 Å². The highest BCUT2D eigenvalue weighted by molar-refractivity contribution is 4.70. The Morgan fingerprint density at radius 1 is 1.55 bits per heavy atom. The average Bonchev–Trinajstić information content (AvgIpc) is 2.09. The lowest BCUT2D eigenvalue weighted by Crippen LogP contribution is -2.44. The molecule has 0 aromatic rings. The van der Waals surface area contributed by atoms with Gasteiger partial charge < -0.3 is 9.84 Å². The van der Waals surface area contributed by atoms with Crippen LogP contribution >= 0.6 is 0 Å². The molecule has 1 atom stereocenters. The number of ether oxygens (including phenoxy) is 1. The summed E-state index contributed by atoms with van der Waals surface area (Å²) in [7, 11) is 2.00. The van der Waals surface area contributed by atoms with Crippen LogP contribution in [0.3, 0.4) is 0 Å². The third-order valence-corrected chi connectivity index (χ3v) is 1.73. The van der Waals surface area contributed by atoms with Gasteiger partial charge in [-0.15, -0.1) is 0 Å². The molecule has 1 aliphatic rings. The van der Waals surface area contributed by atoms with Gasteiger partial charge in [0.1, 0.15) is 0 Å². The lowest BCUT2D eigenvalue weighted by atomic mass is 10.3. The Morgan fingerprint density at radius 3 is 2.55 bits per heavy atom. The third-order valence-electron chi connectivity index (χ3n) is 1.73. The standard InChI is InChI=1S/C6H13NO2.C2H6/c1-7-2-3-9-5-6(7)4-8;1-2/h6,8H,2-5H2,1H3;1-2H3/t6-;/m1./s1. The molecule has 0 spiro atoms. The maximum atomic E-state index is 8.74. The van der Waals surface area contributed by atoms with E-state index in [1.54, 1.807) is 0 Å². The first kappa shape index (κ1) is 10.9. The summed E-state index contributed by atoms with van der Waals surface area (Å²) in [6.07, 6.45) is 0. The van der Waals surface area contributed by atoms with Crippen LogP contribution in [-0.4, -0.2) is 49.5 Å². The maximum Gasteiger partial charge on any atom is 0.0644 e. The smallest absolute Gasteiger partial charge is 0.0644 e. The van der Waals surface area contributed by atoms with Crippen molar-refractivity contribution in [3.63, 3.8) is 0 Å². The number of morpholine rings is 1. The highest BCUT2D eigenvalue weighted by Gasteiger charge is 2.17. The number of aliphatic hydroxyl groups is 1. The van der Waals surface area contributed by atoms with Crippen molar-refractivity contribution in [2.24, 2.45) is 0 Å². The van der Waals surface area contributed by atoms with Crippen molar-refractivity contribution in [3.05, 3.63) is 0 Å². The predicted molar refractivity (Wildman–Crippen MR) is 45.7 cm³/mol. The Balaban J connectivity index is 0.000000461. The summed E-state index contributed by atoms with van der Waals surface area (Å²) in [6, 6.07) is 0.221. The van der Waals surface area contributed by atoms with Crippen LogP contribution in [0.2, 0.25) is 0 Å². The summed E-state index contributed by atoms with van der Waals surface area (Å²) in [5.74, 6) is 0. The Kier molecular flexibility index (Phi) is 6.51. The van der Waals surface area contributed by atoms with Crippen molar-refractivity contribution in [2.45, 2.75) is 19.9 Å². The van der Waals surface area contributed by atoms with Gasteiger partial charge in [-0.05, 0) is 7.05 Å². The molecule has 11 heavy (non-hydrogen) atoms. The highest BCUT2D eigenvalue weighted by atomic mass is 16.5. The SMILES string of the molecule is CC.CN1CCOC[C@H]1CO. The van der Waals surface area contributed by atoms with E-state index < -0.39 is 0 Å². The second-order valence-corrected chi connectivity index (χ2v) is 2.39. The monoisotopic (exact) mass is 161 g/mol. The lowest BCUT2D eigenvalue weighted by molar-refractivity contribution is -0.0148. The molecule has 0 aromatic heterocycles. The normalized spacial score (nSPS) is 25.6. The minimum Gasteiger partial charge on any atom is -0.395 e. The first-order valence-corrected chi connectivity index (χ1v) is 4.23. The van der Waals surface area contributed by atoms with Crippen LogP contribution in [-0.2, 0) is 4.74 Å². The van der Waals surface area contributed by atoms with Crippen LogP contribution in [0.4, 0.5) is 0 Å². The van der Waals surface area contributed by atoms with Gasteiger partial charge in [-0.2, -0.15) is 0 Å². The van der Waals surface area contributed by atoms with Gasteiger partial charge in [-0.3, -0.25) is 4.90 Å². The minimum absolute atomic E-state index is 0.205. The molecule has 1 fully saturated rings. The summed E-state index contributed by atoms with van der Waals surface area (Å²) in [5.41, 5.74) is 0. The lowest BCUT2D eigenvalue weighted by Gasteiger charge is -2.30.